The molecule has 2 aromatic heterocycles. The van der Waals surface area contributed by atoms with Crippen LogP contribution in [-0.2, 0) is 5.54 Å². The van der Waals surface area contributed by atoms with Gasteiger partial charge in [-0.25, -0.2) is 23.7 Å². The first-order valence-electron chi connectivity index (χ1n) is 9.44. The molecule has 3 aromatic rings. The van der Waals surface area contributed by atoms with E-state index < -0.39 is 21.9 Å². The highest BCUT2D eigenvalue weighted by atomic mass is 35.5. The van der Waals surface area contributed by atoms with Gasteiger partial charge in [-0.1, -0.05) is 23.4 Å². The Bertz CT molecular complexity index is 1260. The second-order valence-electron chi connectivity index (χ2n) is 7.87. The molecular formula is C20H17ClF2N6OS. The van der Waals surface area contributed by atoms with Crippen molar-refractivity contribution in [3.63, 3.8) is 0 Å². The third-order valence-electron chi connectivity index (χ3n) is 5.90. The summed E-state index contributed by atoms with van der Waals surface area (Å²) in [6, 6.07) is 4.17. The maximum absolute atomic E-state index is 15.0. The van der Waals surface area contributed by atoms with E-state index in [9.17, 15) is 13.9 Å². The molecule has 1 aromatic carbocycles. The molecule has 0 saturated heterocycles. The maximum Gasteiger partial charge on any atom is 0.164 e. The third-order valence-corrected chi connectivity index (χ3v) is 7.39. The van der Waals surface area contributed by atoms with E-state index in [1.54, 1.807) is 13.0 Å². The number of thioether (sulfide) groups is 1. The highest BCUT2D eigenvalue weighted by Crippen LogP contribution is 2.65. The quantitative estimate of drug-likeness (QED) is 0.542. The number of aliphatic hydroxyl groups excluding tert-OH is 1. The Morgan fingerprint density at radius 1 is 1.29 bits per heavy atom. The number of aliphatic hydroxyl groups is 1. The molecule has 4 N–H and O–H groups in total. The summed E-state index contributed by atoms with van der Waals surface area (Å²) in [5.41, 5.74) is 6.15. The van der Waals surface area contributed by atoms with Gasteiger partial charge >= 0.3 is 0 Å². The Labute approximate surface area is 185 Å². The number of hydrogen-bond donors (Lipinski definition) is 3. The zero-order valence-corrected chi connectivity index (χ0v) is 17.8. The molecule has 0 amide bonds. The number of aromatic nitrogens is 3. The van der Waals surface area contributed by atoms with Crippen LogP contribution in [0.15, 0.2) is 35.7 Å². The van der Waals surface area contributed by atoms with Crippen molar-refractivity contribution in [1.82, 2.24) is 15.0 Å². The summed E-state index contributed by atoms with van der Waals surface area (Å²) < 4.78 is 29.1. The molecule has 5 rings (SSSR count). The summed E-state index contributed by atoms with van der Waals surface area (Å²) in [5, 5.41) is 13.5. The zero-order chi connectivity index (χ0) is 22.0. The molecule has 0 radical (unpaired) electrons. The second kappa shape index (κ2) is 6.98. The fourth-order valence-corrected chi connectivity index (χ4v) is 5.77. The molecule has 1 aliphatic heterocycles. The first-order valence-corrected chi connectivity index (χ1v) is 10.6. The number of nitrogens with zero attached hydrogens (tertiary/aromatic N) is 4. The standard InChI is InChI=1S/C20H17ClF2N6OS/c1-19(14-5-20(14,7-30)31-18(24)29-19)11-3-10(4-12(22)15(11)23)28-17-16-13(26-8-27-17)2-9(21)6-25-16/h2-4,6,8,14,30H,5,7H2,1H3,(H2,24,29)(H,26,27,28)/t14-,19+,20+/m0/s1. The molecule has 0 bridgehead atoms. The largest absolute Gasteiger partial charge is 0.395 e. The molecule has 3 heterocycles. The topological polar surface area (TPSA) is 109 Å². The van der Waals surface area contributed by atoms with E-state index in [4.69, 9.17) is 17.3 Å². The minimum absolute atomic E-state index is 0.0629. The minimum atomic E-state index is -1.11. The van der Waals surface area contributed by atoms with E-state index in [2.05, 4.69) is 25.3 Å². The number of anilines is 2. The molecule has 7 nitrogen and oxygen atoms in total. The molecule has 1 saturated carbocycles. The summed E-state index contributed by atoms with van der Waals surface area (Å²) in [6.07, 6.45) is 3.39. The molecule has 11 heteroatoms. The van der Waals surface area contributed by atoms with Gasteiger partial charge in [0.1, 0.15) is 11.8 Å². The fraction of sp³-hybridized carbons (Fsp3) is 0.300. The zero-order valence-electron chi connectivity index (χ0n) is 16.2. The van der Waals surface area contributed by atoms with Crippen LogP contribution in [0.4, 0.5) is 20.3 Å². The molecular weight excluding hydrogens is 446 g/mol. The predicted octanol–water partition coefficient (Wildman–Crippen LogP) is 3.73. The van der Waals surface area contributed by atoms with E-state index in [-0.39, 0.29) is 28.9 Å². The number of nitrogens with one attached hydrogen (secondary N) is 1. The van der Waals surface area contributed by atoms with Crippen LogP contribution >= 0.6 is 23.4 Å². The van der Waals surface area contributed by atoms with Crippen molar-refractivity contribution in [2.24, 2.45) is 16.6 Å². The van der Waals surface area contributed by atoms with Gasteiger partial charge in [0.05, 0.1) is 27.4 Å². The molecule has 0 unspecified atom stereocenters. The summed E-state index contributed by atoms with van der Waals surface area (Å²) in [6.45, 7) is 1.60. The van der Waals surface area contributed by atoms with Gasteiger partial charge in [0.25, 0.3) is 0 Å². The van der Waals surface area contributed by atoms with Gasteiger partial charge in [-0.05, 0) is 25.5 Å². The predicted molar refractivity (Wildman–Crippen MR) is 116 cm³/mol. The van der Waals surface area contributed by atoms with Crippen molar-refractivity contribution in [2.45, 2.75) is 23.6 Å². The van der Waals surface area contributed by atoms with E-state index in [0.717, 1.165) is 6.07 Å². The number of rotatable bonds is 4. The summed E-state index contributed by atoms with van der Waals surface area (Å²) >= 11 is 7.26. The number of amidine groups is 1. The average molecular weight is 463 g/mol. The first kappa shape index (κ1) is 20.3. The highest BCUT2D eigenvalue weighted by Gasteiger charge is 2.66. The Balaban J connectivity index is 1.59. The van der Waals surface area contributed by atoms with Crippen molar-refractivity contribution in [2.75, 3.05) is 11.9 Å². The fourth-order valence-electron chi connectivity index (χ4n) is 4.28. The van der Waals surface area contributed by atoms with Crippen LogP contribution in [0, 0.1) is 17.6 Å². The summed E-state index contributed by atoms with van der Waals surface area (Å²) in [7, 11) is 0. The van der Waals surface area contributed by atoms with Crippen molar-refractivity contribution in [3.05, 3.63) is 52.9 Å². The van der Waals surface area contributed by atoms with Crippen LogP contribution in [0.25, 0.3) is 11.0 Å². The monoisotopic (exact) mass is 462 g/mol. The Kier molecular flexibility index (Phi) is 4.58. The number of benzene rings is 1. The molecule has 3 atom stereocenters. The number of fused-ring (bicyclic) bond motifs is 2. The second-order valence-corrected chi connectivity index (χ2v) is 9.74. The number of nitrogens with two attached hydrogens (primary N) is 1. The van der Waals surface area contributed by atoms with E-state index in [1.165, 1.54) is 30.4 Å². The molecule has 1 aliphatic carbocycles. The molecule has 31 heavy (non-hydrogen) atoms. The van der Waals surface area contributed by atoms with E-state index >= 15 is 0 Å². The van der Waals surface area contributed by atoms with Crippen molar-refractivity contribution < 1.29 is 13.9 Å². The summed E-state index contributed by atoms with van der Waals surface area (Å²) in [5.74, 6) is -1.87. The minimum Gasteiger partial charge on any atom is -0.395 e. The van der Waals surface area contributed by atoms with Gasteiger partial charge < -0.3 is 16.2 Å². The van der Waals surface area contributed by atoms with Crippen LogP contribution in [0.2, 0.25) is 5.02 Å². The number of pyridine rings is 1. The Hall–Kier alpha value is -2.56. The lowest BCUT2D eigenvalue weighted by Crippen LogP contribution is -2.37. The normalized spacial score (nSPS) is 27.0. The lowest BCUT2D eigenvalue weighted by Gasteiger charge is -2.34. The number of halogens is 3. The smallest absolute Gasteiger partial charge is 0.164 e. The highest BCUT2D eigenvalue weighted by molar-refractivity contribution is 8.15. The van der Waals surface area contributed by atoms with Gasteiger partial charge in [-0.3, -0.25) is 4.99 Å². The van der Waals surface area contributed by atoms with Gasteiger partial charge in [-0.2, -0.15) is 0 Å². The lowest BCUT2D eigenvalue weighted by molar-refractivity contribution is 0.264. The van der Waals surface area contributed by atoms with Crippen LogP contribution in [0.5, 0.6) is 0 Å². The number of hydrogen-bond acceptors (Lipinski definition) is 8. The van der Waals surface area contributed by atoms with Gasteiger partial charge in [-0.15, -0.1) is 0 Å². The molecule has 1 fully saturated rings. The van der Waals surface area contributed by atoms with Crippen molar-refractivity contribution in [1.29, 1.82) is 0 Å². The Morgan fingerprint density at radius 3 is 2.87 bits per heavy atom. The Morgan fingerprint density at radius 2 is 2.10 bits per heavy atom. The van der Waals surface area contributed by atoms with Crippen LogP contribution in [0.3, 0.4) is 0 Å². The van der Waals surface area contributed by atoms with Gasteiger partial charge in [0.2, 0.25) is 0 Å². The lowest BCUT2D eigenvalue weighted by atomic mass is 9.85. The molecule has 2 aliphatic rings. The van der Waals surface area contributed by atoms with Crippen LogP contribution < -0.4 is 11.1 Å². The van der Waals surface area contributed by atoms with Gasteiger partial charge in [0.15, 0.2) is 22.6 Å². The van der Waals surface area contributed by atoms with Crippen LogP contribution in [0.1, 0.15) is 18.9 Å². The average Bonchev–Trinajstić information content (AvgIpc) is 3.46. The maximum atomic E-state index is 15.0. The van der Waals surface area contributed by atoms with Crippen molar-refractivity contribution >= 4 is 51.1 Å². The van der Waals surface area contributed by atoms with Gasteiger partial charge in [0, 0.05) is 29.4 Å². The molecule has 0 spiro atoms. The summed E-state index contributed by atoms with van der Waals surface area (Å²) in [4.78, 5) is 17.0. The van der Waals surface area contributed by atoms with Crippen LogP contribution in [-0.4, -0.2) is 36.6 Å². The van der Waals surface area contributed by atoms with Crippen molar-refractivity contribution in [3.8, 4) is 0 Å². The number of aliphatic imine (C=N–C) groups is 1. The SMILES string of the molecule is C[C@]1(c2cc(Nc3ncnc4cc(Cl)cnc34)cc(F)c2F)N=C(N)S[C@@]2(CO)C[C@H]21. The molecule has 160 valence electrons. The first-order chi connectivity index (χ1) is 14.8. The van der Waals surface area contributed by atoms with E-state index in [1.807, 2.05) is 0 Å². The van der Waals surface area contributed by atoms with E-state index in [0.29, 0.717) is 28.3 Å². The third kappa shape index (κ3) is 3.20.